The van der Waals surface area contributed by atoms with Crippen LogP contribution in [0.1, 0.15) is 5.82 Å². The van der Waals surface area contributed by atoms with E-state index in [0.29, 0.717) is 16.7 Å². The lowest BCUT2D eigenvalue weighted by molar-refractivity contribution is -0.384. The number of H-pyrrole nitrogens is 1. The van der Waals surface area contributed by atoms with Crippen molar-refractivity contribution in [3.05, 3.63) is 40.2 Å². The van der Waals surface area contributed by atoms with Crippen molar-refractivity contribution in [2.24, 2.45) is 0 Å². The molecule has 0 spiro atoms. The van der Waals surface area contributed by atoms with Crippen LogP contribution >= 0.6 is 11.8 Å². The van der Waals surface area contributed by atoms with Crippen molar-refractivity contribution in [2.75, 3.05) is 11.1 Å². The number of thioether (sulfide) groups is 1. The summed E-state index contributed by atoms with van der Waals surface area (Å²) in [7, 11) is 0. The molecule has 0 saturated carbocycles. The second kappa shape index (κ2) is 6.15. The van der Waals surface area contributed by atoms with Crippen molar-refractivity contribution in [1.29, 1.82) is 0 Å². The highest BCUT2D eigenvalue weighted by Crippen LogP contribution is 2.16. The number of nitrogens with zero attached hydrogens (tertiary/aromatic N) is 3. The first-order valence-electron chi connectivity index (χ1n) is 5.61. The Labute approximate surface area is 118 Å². The Kier molecular flexibility index (Phi) is 4.31. The molecule has 0 aliphatic heterocycles. The van der Waals surface area contributed by atoms with Gasteiger partial charge in [0.2, 0.25) is 11.1 Å². The quantitative estimate of drug-likeness (QED) is 0.493. The number of nitro benzene ring substituents is 1. The minimum atomic E-state index is -0.493. The van der Waals surface area contributed by atoms with E-state index in [1.165, 1.54) is 36.0 Å². The molecule has 1 heterocycles. The minimum Gasteiger partial charge on any atom is -0.325 e. The van der Waals surface area contributed by atoms with Crippen molar-refractivity contribution < 1.29 is 9.72 Å². The molecule has 1 amide bonds. The zero-order valence-corrected chi connectivity index (χ0v) is 11.3. The van der Waals surface area contributed by atoms with E-state index < -0.39 is 4.92 Å². The molecule has 0 fully saturated rings. The highest BCUT2D eigenvalue weighted by Gasteiger charge is 2.08. The summed E-state index contributed by atoms with van der Waals surface area (Å²) < 4.78 is 0. The first kappa shape index (κ1) is 14.0. The summed E-state index contributed by atoms with van der Waals surface area (Å²) in [4.78, 5) is 25.7. The molecule has 2 aromatic rings. The van der Waals surface area contributed by atoms with Crippen LogP contribution in [0, 0.1) is 17.0 Å². The molecule has 0 saturated heterocycles. The van der Waals surface area contributed by atoms with Crippen molar-refractivity contribution in [1.82, 2.24) is 15.2 Å². The molecule has 1 aromatic heterocycles. The molecule has 20 heavy (non-hydrogen) atoms. The van der Waals surface area contributed by atoms with Crippen LogP contribution in [0.3, 0.4) is 0 Å². The molecule has 0 unspecified atom stereocenters. The maximum atomic E-state index is 11.7. The molecule has 0 aliphatic carbocycles. The van der Waals surface area contributed by atoms with Gasteiger partial charge < -0.3 is 5.32 Å². The first-order valence-corrected chi connectivity index (χ1v) is 6.59. The topological polar surface area (TPSA) is 114 Å². The average Bonchev–Trinajstić information content (AvgIpc) is 2.83. The van der Waals surface area contributed by atoms with Gasteiger partial charge in [-0.2, -0.15) is 0 Å². The monoisotopic (exact) mass is 293 g/mol. The van der Waals surface area contributed by atoms with E-state index in [0.717, 1.165) is 0 Å². The number of carbonyl (C=O) groups excluding carboxylic acids is 1. The number of aryl methyl sites for hydroxylation is 1. The lowest BCUT2D eigenvalue weighted by Crippen LogP contribution is -2.14. The number of nitrogens with one attached hydrogen (secondary N) is 2. The van der Waals surface area contributed by atoms with Crippen LogP contribution in [-0.4, -0.2) is 31.8 Å². The maximum absolute atomic E-state index is 11.7. The van der Waals surface area contributed by atoms with Gasteiger partial charge in [-0.05, 0) is 19.1 Å². The summed E-state index contributed by atoms with van der Waals surface area (Å²) in [5, 5.41) is 20.2. The summed E-state index contributed by atoms with van der Waals surface area (Å²) in [5.41, 5.74) is 0.487. The Hall–Kier alpha value is -2.42. The third-order valence-corrected chi connectivity index (χ3v) is 3.12. The third-order valence-electron chi connectivity index (χ3n) is 2.27. The fourth-order valence-corrected chi connectivity index (χ4v) is 2.02. The zero-order chi connectivity index (χ0) is 14.5. The van der Waals surface area contributed by atoms with Crippen LogP contribution in [0.25, 0.3) is 0 Å². The van der Waals surface area contributed by atoms with Crippen molar-refractivity contribution in [3.8, 4) is 0 Å². The standard InChI is InChI=1S/C11H11N5O3S/c1-7-12-11(15-14-7)20-6-10(17)13-8-2-4-9(5-3-8)16(18)19/h2-5H,6H2,1H3,(H,13,17)(H,12,14,15). The first-order chi connectivity index (χ1) is 9.54. The summed E-state index contributed by atoms with van der Waals surface area (Å²) >= 11 is 1.20. The predicted octanol–water partition coefficient (Wildman–Crippen LogP) is 1.75. The number of benzene rings is 1. The number of rotatable bonds is 5. The molecule has 9 heteroatoms. The van der Waals surface area contributed by atoms with Gasteiger partial charge in [-0.1, -0.05) is 11.8 Å². The molecule has 1 aromatic carbocycles. The van der Waals surface area contributed by atoms with Gasteiger partial charge in [-0.15, -0.1) is 5.10 Å². The van der Waals surface area contributed by atoms with E-state index in [9.17, 15) is 14.9 Å². The van der Waals surface area contributed by atoms with Crippen LogP contribution in [0.5, 0.6) is 0 Å². The lowest BCUT2D eigenvalue weighted by Gasteiger charge is -2.03. The van der Waals surface area contributed by atoms with Gasteiger partial charge in [-0.3, -0.25) is 20.0 Å². The number of amides is 1. The molecule has 2 N–H and O–H groups in total. The highest BCUT2D eigenvalue weighted by molar-refractivity contribution is 7.99. The van der Waals surface area contributed by atoms with Gasteiger partial charge in [0.1, 0.15) is 5.82 Å². The predicted molar refractivity (Wildman–Crippen MR) is 73.6 cm³/mol. The SMILES string of the molecule is Cc1nc(SCC(=O)Nc2ccc([N+](=O)[O-])cc2)n[nH]1. The number of anilines is 1. The van der Waals surface area contributed by atoms with E-state index >= 15 is 0 Å². The van der Waals surface area contributed by atoms with Crippen LogP contribution in [0.4, 0.5) is 11.4 Å². The number of aromatic nitrogens is 3. The maximum Gasteiger partial charge on any atom is 0.269 e. The third kappa shape index (κ3) is 3.79. The van der Waals surface area contributed by atoms with Gasteiger partial charge in [0.15, 0.2) is 0 Å². The van der Waals surface area contributed by atoms with Crippen LogP contribution in [0.15, 0.2) is 29.4 Å². The Morgan fingerprint density at radius 3 is 2.70 bits per heavy atom. The second-order valence-electron chi connectivity index (χ2n) is 3.84. The van der Waals surface area contributed by atoms with Crippen molar-refractivity contribution in [2.45, 2.75) is 12.1 Å². The van der Waals surface area contributed by atoms with E-state index in [1.807, 2.05) is 0 Å². The van der Waals surface area contributed by atoms with Crippen LogP contribution in [0.2, 0.25) is 0 Å². The molecule has 8 nitrogen and oxygen atoms in total. The van der Waals surface area contributed by atoms with E-state index in [4.69, 9.17) is 0 Å². The lowest BCUT2D eigenvalue weighted by atomic mass is 10.3. The van der Waals surface area contributed by atoms with Crippen LogP contribution < -0.4 is 5.32 Å². The molecule has 0 bridgehead atoms. The van der Waals surface area contributed by atoms with Gasteiger partial charge in [0.05, 0.1) is 10.7 Å². The number of carbonyl (C=O) groups is 1. The second-order valence-corrected chi connectivity index (χ2v) is 4.79. The normalized spacial score (nSPS) is 10.2. The molecular weight excluding hydrogens is 282 g/mol. The number of hydrogen-bond donors (Lipinski definition) is 2. The van der Waals surface area contributed by atoms with E-state index in [-0.39, 0.29) is 17.3 Å². The van der Waals surface area contributed by atoms with Gasteiger partial charge in [-0.25, -0.2) is 4.98 Å². The molecule has 2 rings (SSSR count). The van der Waals surface area contributed by atoms with Gasteiger partial charge in [0.25, 0.3) is 5.69 Å². The van der Waals surface area contributed by atoms with E-state index in [2.05, 4.69) is 20.5 Å². The molecular formula is C11H11N5O3S. The molecule has 0 radical (unpaired) electrons. The molecule has 104 valence electrons. The number of hydrogen-bond acceptors (Lipinski definition) is 6. The summed E-state index contributed by atoms with van der Waals surface area (Å²) in [5.74, 6) is 0.614. The number of non-ortho nitro benzene ring substituents is 1. The summed E-state index contributed by atoms with van der Waals surface area (Å²) in [6.45, 7) is 1.77. The van der Waals surface area contributed by atoms with Gasteiger partial charge >= 0.3 is 0 Å². The average molecular weight is 293 g/mol. The van der Waals surface area contributed by atoms with Crippen LogP contribution in [-0.2, 0) is 4.79 Å². The van der Waals surface area contributed by atoms with E-state index in [1.54, 1.807) is 6.92 Å². The van der Waals surface area contributed by atoms with Crippen molar-refractivity contribution in [3.63, 3.8) is 0 Å². The Morgan fingerprint density at radius 2 is 2.15 bits per heavy atom. The fourth-order valence-electron chi connectivity index (χ4n) is 1.38. The number of nitro groups is 1. The Bertz CT molecular complexity index is 625. The summed E-state index contributed by atoms with van der Waals surface area (Å²) in [6, 6.07) is 5.64. The number of aromatic amines is 1. The Morgan fingerprint density at radius 1 is 1.45 bits per heavy atom. The minimum absolute atomic E-state index is 0.0198. The largest absolute Gasteiger partial charge is 0.325 e. The highest BCUT2D eigenvalue weighted by atomic mass is 32.2. The Balaban J connectivity index is 1.86. The molecule has 0 aliphatic rings. The molecule has 0 atom stereocenters. The smallest absolute Gasteiger partial charge is 0.269 e. The fraction of sp³-hybridized carbons (Fsp3) is 0.182. The van der Waals surface area contributed by atoms with Crippen molar-refractivity contribution >= 4 is 29.0 Å². The van der Waals surface area contributed by atoms with Gasteiger partial charge in [0, 0.05) is 17.8 Å². The summed E-state index contributed by atoms with van der Waals surface area (Å²) in [6.07, 6.45) is 0. The zero-order valence-electron chi connectivity index (χ0n) is 10.5.